The molecule has 0 radical (unpaired) electrons. The van der Waals surface area contributed by atoms with E-state index in [0.717, 1.165) is 10.8 Å². The lowest BCUT2D eigenvalue weighted by Crippen LogP contribution is -1.80. The zero-order valence-corrected chi connectivity index (χ0v) is 13.3. The van der Waals surface area contributed by atoms with Crippen LogP contribution >= 0.6 is 0 Å². The van der Waals surface area contributed by atoms with Crippen LogP contribution in [0.3, 0.4) is 0 Å². The number of para-hydroxylation sites is 1. The SMILES string of the molecule is N#Cc1cc2c3ccccc3n3c4cc5ccccc5cc4c(c1)c23. The summed E-state index contributed by atoms with van der Waals surface area (Å²) >= 11 is 0. The van der Waals surface area contributed by atoms with Gasteiger partial charge in [0.2, 0.25) is 0 Å². The van der Waals surface area contributed by atoms with Crippen molar-refractivity contribution in [2.45, 2.75) is 0 Å². The number of benzene rings is 4. The van der Waals surface area contributed by atoms with E-state index in [1.54, 1.807) is 0 Å². The second-order valence-electron chi connectivity index (χ2n) is 6.60. The largest absolute Gasteiger partial charge is 0.308 e. The third kappa shape index (κ3) is 1.48. The molecule has 6 aromatic rings. The molecular weight excluding hydrogens is 304 g/mol. The predicted octanol–water partition coefficient (Wildman–Crippen LogP) is 5.86. The van der Waals surface area contributed by atoms with Gasteiger partial charge >= 0.3 is 0 Å². The van der Waals surface area contributed by atoms with Gasteiger partial charge in [-0.05, 0) is 41.1 Å². The van der Waals surface area contributed by atoms with Crippen LogP contribution in [0.4, 0.5) is 0 Å². The van der Waals surface area contributed by atoms with E-state index in [9.17, 15) is 5.26 Å². The van der Waals surface area contributed by atoms with Crippen LogP contribution in [0.5, 0.6) is 0 Å². The van der Waals surface area contributed by atoms with E-state index < -0.39 is 0 Å². The number of fused-ring (bicyclic) bond motifs is 7. The molecule has 0 saturated heterocycles. The van der Waals surface area contributed by atoms with E-state index >= 15 is 0 Å². The lowest BCUT2D eigenvalue weighted by molar-refractivity contribution is 1.37. The van der Waals surface area contributed by atoms with E-state index in [2.05, 4.69) is 71.1 Å². The lowest BCUT2D eigenvalue weighted by atomic mass is 10.0. The van der Waals surface area contributed by atoms with Crippen molar-refractivity contribution in [2.24, 2.45) is 0 Å². The first-order valence-corrected chi connectivity index (χ1v) is 8.36. The van der Waals surface area contributed by atoms with Crippen molar-refractivity contribution in [3.05, 3.63) is 78.4 Å². The number of rotatable bonds is 0. The highest BCUT2D eigenvalue weighted by atomic mass is 14.9. The fourth-order valence-electron chi connectivity index (χ4n) is 4.25. The molecule has 4 aromatic carbocycles. The second kappa shape index (κ2) is 4.28. The maximum Gasteiger partial charge on any atom is 0.0992 e. The summed E-state index contributed by atoms with van der Waals surface area (Å²) in [4.78, 5) is 0. The number of hydrogen-bond donors (Lipinski definition) is 0. The first kappa shape index (κ1) is 12.8. The molecule has 0 aliphatic rings. The molecule has 0 unspecified atom stereocenters. The maximum atomic E-state index is 9.51. The number of hydrogen-bond acceptors (Lipinski definition) is 1. The third-order valence-corrected chi connectivity index (χ3v) is 5.29. The average Bonchev–Trinajstić information content (AvgIpc) is 3.17. The Kier molecular flexibility index (Phi) is 2.19. The summed E-state index contributed by atoms with van der Waals surface area (Å²) in [5.74, 6) is 0. The fourth-order valence-corrected chi connectivity index (χ4v) is 4.25. The standard InChI is InChI=1S/C23H12N2/c24-13-14-9-19-17-7-3-4-8-21(17)25-22-12-16-6-2-1-5-15(16)11-18(22)20(10-14)23(19)25/h1-12H. The molecule has 0 N–H and O–H groups in total. The van der Waals surface area contributed by atoms with Gasteiger partial charge in [0.1, 0.15) is 0 Å². The first-order chi connectivity index (χ1) is 12.3. The monoisotopic (exact) mass is 316 g/mol. The Labute approximate surface area is 143 Å². The Morgan fingerprint density at radius 3 is 2.12 bits per heavy atom. The van der Waals surface area contributed by atoms with Gasteiger partial charge in [0.25, 0.3) is 0 Å². The molecule has 0 spiro atoms. The van der Waals surface area contributed by atoms with Crippen LogP contribution in [0, 0.1) is 11.3 Å². The van der Waals surface area contributed by atoms with Gasteiger partial charge in [-0.1, -0.05) is 42.5 Å². The third-order valence-electron chi connectivity index (χ3n) is 5.29. The van der Waals surface area contributed by atoms with Gasteiger partial charge < -0.3 is 4.40 Å². The number of nitriles is 1. The summed E-state index contributed by atoms with van der Waals surface area (Å²) < 4.78 is 2.35. The zero-order chi connectivity index (χ0) is 16.5. The van der Waals surface area contributed by atoms with Crippen molar-refractivity contribution in [1.29, 1.82) is 5.26 Å². The van der Waals surface area contributed by atoms with Crippen molar-refractivity contribution in [3.63, 3.8) is 0 Å². The molecule has 2 heteroatoms. The molecule has 0 fully saturated rings. The molecule has 0 aliphatic carbocycles. The Bertz CT molecular complexity index is 1500. The first-order valence-electron chi connectivity index (χ1n) is 8.36. The van der Waals surface area contributed by atoms with Crippen LogP contribution in [0.15, 0.2) is 72.8 Å². The molecule has 0 bridgehead atoms. The fraction of sp³-hybridized carbons (Fsp3) is 0. The molecule has 0 amide bonds. The molecule has 2 aromatic heterocycles. The summed E-state index contributed by atoms with van der Waals surface area (Å²) in [5.41, 5.74) is 4.33. The highest BCUT2D eigenvalue weighted by molar-refractivity contribution is 6.25. The molecule has 0 aliphatic heterocycles. The topological polar surface area (TPSA) is 28.2 Å². The number of nitrogens with zero attached hydrogens (tertiary/aromatic N) is 2. The Hall–Kier alpha value is -3.57. The van der Waals surface area contributed by atoms with E-state index in [0.29, 0.717) is 5.56 Å². The molecule has 25 heavy (non-hydrogen) atoms. The van der Waals surface area contributed by atoms with E-state index in [1.165, 1.54) is 38.1 Å². The normalized spacial score (nSPS) is 12.0. The van der Waals surface area contributed by atoms with Gasteiger partial charge in [0.15, 0.2) is 0 Å². The Morgan fingerprint density at radius 2 is 1.32 bits per heavy atom. The minimum absolute atomic E-state index is 0.714. The highest BCUT2D eigenvalue weighted by Crippen LogP contribution is 2.40. The van der Waals surface area contributed by atoms with Crippen LogP contribution in [0.2, 0.25) is 0 Å². The smallest absolute Gasteiger partial charge is 0.0992 e. The van der Waals surface area contributed by atoms with Crippen molar-refractivity contribution in [2.75, 3.05) is 0 Å². The van der Waals surface area contributed by atoms with E-state index in [4.69, 9.17) is 0 Å². The molecule has 2 nitrogen and oxygen atoms in total. The summed E-state index contributed by atoms with van der Waals surface area (Å²) in [6.07, 6.45) is 0. The van der Waals surface area contributed by atoms with Gasteiger partial charge in [0.05, 0.1) is 28.2 Å². The lowest BCUT2D eigenvalue weighted by Gasteiger charge is -2.01. The molecule has 114 valence electrons. The van der Waals surface area contributed by atoms with Crippen molar-refractivity contribution in [3.8, 4) is 6.07 Å². The van der Waals surface area contributed by atoms with Crippen LogP contribution in [-0.4, -0.2) is 4.40 Å². The van der Waals surface area contributed by atoms with E-state index in [1.807, 2.05) is 12.1 Å². The van der Waals surface area contributed by atoms with Crippen molar-refractivity contribution < 1.29 is 0 Å². The Morgan fingerprint density at radius 1 is 0.640 bits per heavy atom. The van der Waals surface area contributed by atoms with Crippen LogP contribution in [0.25, 0.3) is 48.9 Å². The van der Waals surface area contributed by atoms with Gasteiger partial charge in [-0.2, -0.15) is 5.26 Å². The van der Waals surface area contributed by atoms with Crippen LogP contribution in [0.1, 0.15) is 5.56 Å². The second-order valence-corrected chi connectivity index (χ2v) is 6.60. The van der Waals surface area contributed by atoms with Gasteiger partial charge in [0, 0.05) is 21.5 Å². The molecule has 0 saturated carbocycles. The Balaban J connectivity index is 2.03. The van der Waals surface area contributed by atoms with Crippen molar-refractivity contribution in [1.82, 2.24) is 4.40 Å². The summed E-state index contributed by atoms with van der Waals surface area (Å²) in [5, 5.41) is 16.7. The minimum Gasteiger partial charge on any atom is -0.308 e. The summed E-state index contributed by atoms with van der Waals surface area (Å²) in [6.45, 7) is 0. The summed E-state index contributed by atoms with van der Waals surface area (Å²) in [6, 6.07) is 27.8. The summed E-state index contributed by atoms with van der Waals surface area (Å²) in [7, 11) is 0. The molecule has 2 heterocycles. The predicted molar refractivity (Wildman–Crippen MR) is 103 cm³/mol. The van der Waals surface area contributed by atoms with Gasteiger partial charge in [-0.15, -0.1) is 0 Å². The van der Waals surface area contributed by atoms with Crippen LogP contribution in [-0.2, 0) is 0 Å². The van der Waals surface area contributed by atoms with Gasteiger partial charge in [-0.3, -0.25) is 0 Å². The van der Waals surface area contributed by atoms with E-state index in [-0.39, 0.29) is 0 Å². The minimum atomic E-state index is 0.714. The molecule has 0 atom stereocenters. The zero-order valence-electron chi connectivity index (χ0n) is 13.3. The molecular formula is C23H12N2. The van der Waals surface area contributed by atoms with Crippen molar-refractivity contribution >= 4 is 48.9 Å². The quantitative estimate of drug-likeness (QED) is 0.345. The van der Waals surface area contributed by atoms with Crippen LogP contribution < -0.4 is 0 Å². The highest BCUT2D eigenvalue weighted by Gasteiger charge is 2.18. The average molecular weight is 316 g/mol. The maximum absolute atomic E-state index is 9.51. The van der Waals surface area contributed by atoms with Gasteiger partial charge in [-0.25, -0.2) is 0 Å². The molecule has 6 rings (SSSR count). The number of aromatic nitrogens is 1.